The molecule has 0 saturated heterocycles. The van der Waals surface area contributed by atoms with E-state index in [-0.39, 0.29) is 5.82 Å². The van der Waals surface area contributed by atoms with E-state index in [9.17, 15) is 4.79 Å². The van der Waals surface area contributed by atoms with Crippen molar-refractivity contribution < 1.29 is 4.79 Å². The minimum Gasteiger partial charge on any atom is -0.295 e. The summed E-state index contributed by atoms with van der Waals surface area (Å²) in [7, 11) is 0. The molecule has 25 heavy (non-hydrogen) atoms. The van der Waals surface area contributed by atoms with Crippen LogP contribution in [0, 0.1) is 13.8 Å². The van der Waals surface area contributed by atoms with E-state index in [1.807, 2.05) is 55.6 Å². The minimum atomic E-state index is -0.406. The third kappa shape index (κ3) is 2.99. The lowest BCUT2D eigenvalue weighted by molar-refractivity contribution is 0.101. The molecule has 0 bridgehead atoms. The van der Waals surface area contributed by atoms with Crippen molar-refractivity contribution in [3.8, 4) is 11.3 Å². The van der Waals surface area contributed by atoms with Crippen LogP contribution in [0.2, 0.25) is 0 Å². The van der Waals surface area contributed by atoms with Crippen molar-refractivity contribution in [1.29, 1.82) is 0 Å². The standard InChI is InChI=1S/C17H14N6OS/c1-10-8-11(2)23-16(18-10)20-14(22-23)15(24)21-17-19-13(9-25-17)12-6-4-3-5-7-12/h3-9H,1-2H3,(H,19,21,24). The molecule has 0 aliphatic rings. The SMILES string of the molecule is Cc1cc(C)n2nc(C(=O)Nc3nc(-c4ccccc4)cs3)nc2n1. The molecule has 0 saturated carbocycles. The smallest absolute Gasteiger partial charge is 0.295 e. The van der Waals surface area contributed by atoms with Gasteiger partial charge in [0, 0.05) is 22.3 Å². The van der Waals surface area contributed by atoms with E-state index in [1.165, 1.54) is 11.3 Å². The van der Waals surface area contributed by atoms with Gasteiger partial charge in [-0.3, -0.25) is 10.1 Å². The number of hydrogen-bond donors (Lipinski definition) is 1. The Hall–Kier alpha value is -3.13. The maximum atomic E-state index is 12.4. The number of aromatic nitrogens is 5. The van der Waals surface area contributed by atoms with Gasteiger partial charge in [0.05, 0.1) is 5.69 Å². The van der Waals surface area contributed by atoms with Crippen molar-refractivity contribution in [2.45, 2.75) is 13.8 Å². The molecule has 4 aromatic rings. The first-order valence-corrected chi connectivity index (χ1v) is 8.51. The van der Waals surface area contributed by atoms with E-state index in [1.54, 1.807) is 4.52 Å². The fourth-order valence-corrected chi connectivity index (χ4v) is 3.20. The molecule has 124 valence electrons. The fraction of sp³-hybridized carbons (Fsp3) is 0.118. The number of carbonyl (C=O) groups excluding carboxylic acids is 1. The Morgan fingerprint density at radius 3 is 2.72 bits per heavy atom. The molecule has 1 aromatic carbocycles. The summed E-state index contributed by atoms with van der Waals surface area (Å²) in [5, 5.41) is 9.37. The fourth-order valence-electron chi connectivity index (χ4n) is 2.49. The highest BCUT2D eigenvalue weighted by atomic mass is 32.1. The van der Waals surface area contributed by atoms with Gasteiger partial charge in [0.25, 0.3) is 11.7 Å². The van der Waals surface area contributed by atoms with E-state index < -0.39 is 5.91 Å². The Kier molecular flexibility index (Phi) is 3.73. The number of aryl methyl sites for hydroxylation is 2. The number of carbonyl (C=O) groups is 1. The largest absolute Gasteiger partial charge is 0.297 e. The molecule has 3 aromatic heterocycles. The summed E-state index contributed by atoms with van der Waals surface area (Å²) in [6.45, 7) is 3.77. The van der Waals surface area contributed by atoms with Crippen LogP contribution >= 0.6 is 11.3 Å². The highest BCUT2D eigenvalue weighted by Crippen LogP contribution is 2.24. The second-order valence-corrected chi connectivity index (χ2v) is 6.40. The zero-order valence-electron chi connectivity index (χ0n) is 13.6. The average Bonchev–Trinajstić information content (AvgIpc) is 3.22. The van der Waals surface area contributed by atoms with Gasteiger partial charge in [0.15, 0.2) is 5.13 Å². The van der Waals surface area contributed by atoms with E-state index in [0.29, 0.717) is 10.9 Å². The monoisotopic (exact) mass is 350 g/mol. The van der Waals surface area contributed by atoms with Gasteiger partial charge in [-0.2, -0.15) is 4.98 Å². The molecule has 0 unspecified atom stereocenters. The summed E-state index contributed by atoms with van der Waals surface area (Å²) in [6, 6.07) is 11.7. The molecular weight excluding hydrogens is 336 g/mol. The van der Waals surface area contributed by atoms with E-state index >= 15 is 0 Å². The Morgan fingerprint density at radius 2 is 1.92 bits per heavy atom. The van der Waals surface area contributed by atoms with Gasteiger partial charge >= 0.3 is 0 Å². The van der Waals surface area contributed by atoms with E-state index in [0.717, 1.165) is 22.6 Å². The van der Waals surface area contributed by atoms with Crippen molar-refractivity contribution in [1.82, 2.24) is 24.6 Å². The van der Waals surface area contributed by atoms with Crippen LogP contribution in [-0.4, -0.2) is 30.5 Å². The van der Waals surface area contributed by atoms with Crippen LogP contribution < -0.4 is 5.32 Å². The predicted molar refractivity (Wildman–Crippen MR) is 95.8 cm³/mol. The number of benzene rings is 1. The van der Waals surface area contributed by atoms with Crippen LogP contribution in [-0.2, 0) is 0 Å². The molecule has 0 aliphatic heterocycles. The van der Waals surface area contributed by atoms with Crippen LogP contribution in [0.25, 0.3) is 17.0 Å². The highest BCUT2D eigenvalue weighted by molar-refractivity contribution is 7.14. The predicted octanol–water partition coefficient (Wildman–Crippen LogP) is 3.12. The summed E-state index contributed by atoms with van der Waals surface area (Å²) in [6.07, 6.45) is 0. The normalized spacial score (nSPS) is 11.0. The third-order valence-corrected chi connectivity index (χ3v) is 4.37. The van der Waals surface area contributed by atoms with Gasteiger partial charge in [-0.15, -0.1) is 16.4 Å². The van der Waals surface area contributed by atoms with Crippen LogP contribution in [0.3, 0.4) is 0 Å². The molecule has 0 radical (unpaired) electrons. The molecular formula is C17H14N6OS. The van der Waals surface area contributed by atoms with Crippen LogP contribution in [0.5, 0.6) is 0 Å². The molecule has 4 rings (SSSR count). The van der Waals surface area contributed by atoms with E-state index in [2.05, 4.69) is 25.4 Å². The molecule has 3 heterocycles. The molecule has 1 N–H and O–H groups in total. The third-order valence-electron chi connectivity index (χ3n) is 3.62. The summed E-state index contributed by atoms with van der Waals surface area (Å²) in [4.78, 5) is 25.3. The van der Waals surface area contributed by atoms with Crippen molar-refractivity contribution >= 4 is 28.2 Å². The quantitative estimate of drug-likeness (QED) is 0.613. The van der Waals surface area contributed by atoms with Crippen molar-refractivity contribution in [2.75, 3.05) is 5.32 Å². The average molecular weight is 350 g/mol. The minimum absolute atomic E-state index is 0.0673. The number of anilines is 1. The highest BCUT2D eigenvalue weighted by Gasteiger charge is 2.16. The molecule has 0 atom stereocenters. The number of amides is 1. The molecule has 0 aliphatic carbocycles. The number of hydrogen-bond acceptors (Lipinski definition) is 6. The lowest BCUT2D eigenvalue weighted by Crippen LogP contribution is -2.13. The first-order chi connectivity index (χ1) is 12.1. The van der Waals surface area contributed by atoms with Crippen LogP contribution in [0.1, 0.15) is 22.0 Å². The molecule has 1 amide bonds. The maximum Gasteiger partial charge on any atom is 0.297 e. The first kappa shape index (κ1) is 15.4. The van der Waals surface area contributed by atoms with E-state index in [4.69, 9.17) is 0 Å². The van der Waals surface area contributed by atoms with Crippen LogP contribution in [0.15, 0.2) is 41.8 Å². The lowest BCUT2D eigenvalue weighted by Gasteiger charge is -1.97. The molecule has 0 spiro atoms. The Morgan fingerprint density at radius 1 is 1.12 bits per heavy atom. The lowest BCUT2D eigenvalue weighted by atomic mass is 10.2. The Bertz CT molecular complexity index is 1070. The zero-order chi connectivity index (χ0) is 17.4. The number of nitrogens with one attached hydrogen (secondary N) is 1. The van der Waals surface area contributed by atoms with Crippen molar-refractivity contribution in [3.05, 3.63) is 59.0 Å². The van der Waals surface area contributed by atoms with Crippen molar-refractivity contribution in [2.24, 2.45) is 0 Å². The van der Waals surface area contributed by atoms with Gasteiger partial charge in [-0.05, 0) is 19.9 Å². The summed E-state index contributed by atoms with van der Waals surface area (Å²) in [5.74, 6) is 0.0703. The second-order valence-electron chi connectivity index (χ2n) is 5.54. The topological polar surface area (TPSA) is 85.1 Å². The van der Waals surface area contributed by atoms with Crippen molar-refractivity contribution in [3.63, 3.8) is 0 Å². The van der Waals surface area contributed by atoms with Gasteiger partial charge in [0.1, 0.15) is 0 Å². The number of fused-ring (bicyclic) bond motifs is 1. The summed E-state index contributed by atoms with van der Waals surface area (Å²) < 4.78 is 1.55. The zero-order valence-corrected chi connectivity index (χ0v) is 14.4. The van der Waals surface area contributed by atoms with Gasteiger partial charge in [-0.1, -0.05) is 30.3 Å². The van der Waals surface area contributed by atoms with Gasteiger partial charge < -0.3 is 0 Å². The van der Waals surface area contributed by atoms with Crippen LogP contribution in [0.4, 0.5) is 5.13 Å². The molecule has 0 fully saturated rings. The number of thiazole rings is 1. The number of nitrogens with zero attached hydrogens (tertiary/aromatic N) is 5. The Balaban J connectivity index is 1.58. The molecule has 8 heteroatoms. The van der Waals surface area contributed by atoms with Gasteiger partial charge in [0.2, 0.25) is 5.82 Å². The maximum absolute atomic E-state index is 12.4. The summed E-state index contributed by atoms with van der Waals surface area (Å²) in [5.41, 5.74) is 3.52. The number of rotatable bonds is 3. The first-order valence-electron chi connectivity index (χ1n) is 7.63. The second kappa shape index (κ2) is 6.06. The summed E-state index contributed by atoms with van der Waals surface area (Å²) >= 11 is 1.36. The Labute approximate surface area is 147 Å². The molecule has 7 nitrogen and oxygen atoms in total. The van der Waals surface area contributed by atoms with Gasteiger partial charge in [-0.25, -0.2) is 14.5 Å².